The summed E-state index contributed by atoms with van der Waals surface area (Å²) in [5.41, 5.74) is 0.128. The molecule has 0 saturated carbocycles. The van der Waals surface area contributed by atoms with Crippen LogP contribution in [0.5, 0.6) is 11.5 Å². The second-order valence-corrected chi connectivity index (χ2v) is 7.01. The Morgan fingerprint density at radius 2 is 1.78 bits per heavy atom. The monoisotopic (exact) mass is 447 g/mol. The minimum absolute atomic E-state index is 0.107. The Morgan fingerprint density at radius 1 is 1.09 bits per heavy atom. The van der Waals surface area contributed by atoms with Gasteiger partial charge in [0.05, 0.1) is 11.5 Å². The Balaban J connectivity index is 1.82. The van der Waals surface area contributed by atoms with Crippen LogP contribution in [0.2, 0.25) is 0 Å². The largest absolute Gasteiger partial charge is 0.507 e. The molecule has 5 atom stereocenters. The molecule has 0 unspecified atom stereocenters. The molecular weight excluding hydrogens is 426 g/mol. The second-order valence-electron chi connectivity index (χ2n) is 7.01. The summed E-state index contributed by atoms with van der Waals surface area (Å²) in [6.45, 7) is -0.658. The maximum Gasteiger partial charge on any atom is 0.269 e. The summed E-state index contributed by atoms with van der Waals surface area (Å²) in [5.74, 6) is -1.28. The van der Waals surface area contributed by atoms with Crippen molar-refractivity contribution in [2.45, 2.75) is 30.7 Å². The van der Waals surface area contributed by atoms with Gasteiger partial charge in [0, 0.05) is 12.1 Å². The van der Waals surface area contributed by atoms with Gasteiger partial charge in [-0.15, -0.1) is 0 Å². The number of ketones is 1. The van der Waals surface area contributed by atoms with E-state index in [1.807, 2.05) is 0 Å². The van der Waals surface area contributed by atoms with Crippen molar-refractivity contribution in [2.24, 2.45) is 0 Å². The molecule has 0 spiro atoms. The highest BCUT2D eigenvalue weighted by Crippen LogP contribution is 2.32. The lowest BCUT2D eigenvalue weighted by Crippen LogP contribution is -2.60. The molecule has 11 nitrogen and oxygen atoms in total. The molecule has 1 aliphatic rings. The normalized spacial score (nSPS) is 25.6. The molecule has 0 aromatic heterocycles. The van der Waals surface area contributed by atoms with Gasteiger partial charge in [0.2, 0.25) is 6.29 Å². The first-order valence-electron chi connectivity index (χ1n) is 9.49. The average molecular weight is 447 g/mol. The fraction of sp³-hybridized carbons (Fsp3) is 0.286. The zero-order valence-corrected chi connectivity index (χ0v) is 16.5. The maximum atomic E-state index is 12.7. The van der Waals surface area contributed by atoms with Crippen LogP contribution >= 0.6 is 0 Å². The molecule has 0 amide bonds. The first kappa shape index (κ1) is 23.3. The Morgan fingerprint density at radius 3 is 2.41 bits per heavy atom. The van der Waals surface area contributed by atoms with Crippen LogP contribution in [0.1, 0.15) is 15.9 Å². The zero-order chi connectivity index (χ0) is 23.4. The van der Waals surface area contributed by atoms with Gasteiger partial charge in [0.15, 0.2) is 5.78 Å². The summed E-state index contributed by atoms with van der Waals surface area (Å²) in [4.78, 5) is 22.9. The molecule has 1 heterocycles. The van der Waals surface area contributed by atoms with Crippen molar-refractivity contribution in [1.82, 2.24) is 0 Å². The third kappa shape index (κ3) is 4.93. The van der Waals surface area contributed by atoms with Crippen molar-refractivity contribution in [3.63, 3.8) is 0 Å². The number of aliphatic hydroxyl groups excluding tert-OH is 4. The molecule has 5 N–H and O–H groups in total. The first-order chi connectivity index (χ1) is 15.2. The summed E-state index contributed by atoms with van der Waals surface area (Å²) in [5, 5.41) is 60.1. The smallest absolute Gasteiger partial charge is 0.269 e. The molecule has 170 valence electrons. The molecule has 1 aliphatic heterocycles. The Bertz CT molecular complexity index is 1000. The lowest BCUT2D eigenvalue weighted by atomic mass is 9.99. The molecule has 2 aromatic carbocycles. The van der Waals surface area contributed by atoms with Crippen molar-refractivity contribution >= 4 is 17.5 Å². The van der Waals surface area contributed by atoms with Gasteiger partial charge >= 0.3 is 0 Å². The van der Waals surface area contributed by atoms with Crippen LogP contribution in [-0.2, 0) is 4.74 Å². The first-order valence-corrected chi connectivity index (χ1v) is 9.49. The predicted octanol–water partition coefficient (Wildman–Crippen LogP) is 0.375. The third-order valence-electron chi connectivity index (χ3n) is 4.87. The van der Waals surface area contributed by atoms with Crippen LogP contribution in [0.25, 0.3) is 6.08 Å². The number of allylic oxidation sites excluding steroid dienone is 1. The van der Waals surface area contributed by atoms with E-state index in [1.54, 1.807) is 0 Å². The Kier molecular flexibility index (Phi) is 7.18. The van der Waals surface area contributed by atoms with Crippen LogP contribution in [0, 0.1) is 10.1 Å². The number of carbonyl (C=O) groups excluding carboxylic acids is 1. The Hall–Kier alpha value is -3.35. The summed E-state index contributed by atoms with van der Waals surface area (Å²) in [7, 11) is 0. The van der Waals surface area contributed by atoms with Crippen molar-refractivity contribution < 1.29 is 44.7 Å². The summed E-state index contributed by atoms with van der Waals surface area (Å²) < 4.78 is 10.8. The zero-order valence-electron chi connectivity index (χ0n) is 16.5. The van der Waals surface area contributed by atoms with Crippen molar-refractivity contribution in [3.05, 3.63) is 69.8 Å². The van der Waals surface area contributed by atoms with Gasteiger partial charge < -0.3 is 35.0 Å². The number of hydrogen-bond acceptors (Lipinski definition) is 10. The minimum Gasteiger partial charge on any atom is -0.507 e. The van der Waals surface area contributed by atoms with E-state index in [-0.39, 0.29) is 17.0 Å². The summed E-state index contributed by atoms with van der Waals surface area (Å²) >= 11 is 0. The van der Waals surface area contributed by atoms with E-state index in [1.165, 1.54) is 48.5 Å². The van der Waals surface area contributed by atoms with E-state index in [0.29, 0.717) is 5.56 Å². The maximum absolute atomic E-state index is 12.7. The predicted molar refractivity (Wildman–Crippen MR) is 109 cm³/mol. The highest BCUT2D eigenvalue weighted by Gasteiger charge is 2.45. The number of nitro benzene ring substituents is 1. The van der Waals surface area contributed by atoms with Crippen LogP contribution in [0.15, 0.2) is 48.5 Å². The molecule has 11 heteroatoms. The molecule has 3 rings (SSSR count). The number of rotatable bonds is 7. The fourth-order valence-electron chi connectivity index (χ4n) is 3.12. The van der Waals surface area contributed by atoms with E-state index < -0.39 is 53.8 Å². The molecule has 0 aliphatic carbocycles. The molecule has 2 aromatic rings. The van der Waals surface area contributed by atoms with Gasteiger partial charge in [0.25, 0.3) is 5.69 Å². The third-order valence-corrected chi connectivity index (χ3v) is 4.87. The number of carbonyl (C=O) groups is 1. The number of nitro groups is 1. The Labute approximate surface area is 181 Å². The molecule has 0 radical (unpaired) electrons. The number of phenols is 1. The summed E-state index contributed by atoms with van der Waals surface area (Å²) in [6, 6.07) is 9.39. The summed E-state index contributed by atoms with van der Waals surface area (Å²) in [6.07, 6.45) is -5.20. The molecule has 0 bridgehead atoms. The molecule has 1 saturated heterocycles. The van der Waals surface area contributed by atoms with Crippen molar-refractivity contribution in [3.8, 4) is 11.5 Å². The van der Waals surface area contributed by atoms with Crippen LogP contribution < -0.4 is 4.74 Å². The number of non-ortho nitro benzene ring substituents is 1. The number of phenolic OH excluding ortho intramolecular Hbond substituents is 1. The lowest BCUT2D eigenvalue weighted by molar-refractivity contribution is -0.384. The van der Waals surface area contributed by atoms with Gasteiger partial charge in [0.1, 0.15) is 41.5 Å². The van der Waals surface area contributed by atoms with Gasteiger partial charge in [-0.2, -0.15) is 0 Å². The van der Waals surface area contributed by atoms with Gasteiger partial charge in [-0.05, 0) is 35.9 Å². The van der Waals surface area contributed by atoms with Crippen LogP contribution in [0.3, 0.4) is 0 Å². The molecular formula is C21H21NO10. The lowest BCUT2D eigenvalue weighted by Gasteiger charge is -2.39. The second kappa shape index (κ2) is 9.85. The number of hydrogen-bond donors (Lipinski definition) is 5. The van der Waals surface area contributed by atoms with Crippen LogP contribution in [-0.4, -0.2) is 73.6 Å². The van der Waals surface area contributed by atoms with E-state index in [0.717, 1.165) is 6.08 Å². The molecule has 32 heavy (non-hydrogen) atoms. The molecule has 1 fully saturated rings. The van der Waals surface area contributed by atoms with E-state index >= 15 is 0 Å². The van der Waals surface area contributed by atoms with Crippen molar-refractivity contribution in [2.75, 3.05) is 6.61 Å². The topological polar surface area (TPSA) is 180 Å². The number of aromatic hydroxyl groups is 1. The van der Waals surface area contributed by atoms with E-state index in [9.17, 15) is 40.4 Å². The SMILES string of the molecule is O=C(/C=C/c1ccc([N+](=O)[O-])cc1)c1c(O)cccc1O[C@H]1O[C@H](CO)[C@H](O)[C@H](O)[C@@H]1O. The number of ether oxygens (including phenoxy) is 2. The highest BCUT2D eigenvalue weighted by atomic mass is 16.7. The number of nitrogens with zero attached hydrogens (tertiary/aromatic N) is 1. The van der Waals surface area contributed by atoms with Crippen LogP contribution in [0.4, 0.5) is 5.69 Å². The van der Waals surface area contributed by atoms with Gasteiger partial charge in [-0.3, -0.25) is 14.9 Å². The van der Waals surface area contributed by atoms with E-state index in [2.05, 4.69) is 0 Å². The number of benzene rings is 2. The number of aliphatic hydroxyl groups is 4. The quantitative estimate of drug-likeness (QED) is 0.172. The fourth-order valence-corrected chi connectivity index (χ4v) is 3.12. The van der Waals surface area contributed by atoms with Gasteiger partial charge in [-0.1, -0.05) is 12.1 Å². The van der Waals surface area contributed by atoms with E-state index in [4.69, 9.17) is 9.47 Å². The van der Waals surface area contributed by atoms with Crippen molar-refractivity contribution in [1.29, 1.82) is 0 Å². The average Bonchev–Trinajstić information content (AvgIpc) is 2.78. The highest BCUT2D eigenvalue weighted by molar-refractivity contribution is 6.10. The minimum atomic E-state index is -1.70. The standard InChI is InChI=1S/C21H21NO10/c23-10-16-18(26)19(27)20(28)21(32-16)31-15-3-1-2-13(24)17(15)14(25)9-6-11-4-7-12(8-5-11)22(29)30/h1-9,16,18-21,23-24,26-28H,10H2/b9-6+/t16-,18+,19+,20+,21+/m1/s1. The van der Waals surface area contributed by atoms with Gasteiger partial charge in [-0.25, -0.2) is 0 Å².